The second kappa shape index (κ2) is 10.3. The first kappa shape index (κ1) is 24.2. The summed E-state index contributed by atoms with van der Waals surface area (Å²) in [6, 6.07) is 25.1. The number of quaternary nitrogens is 1. The quantitative estimate of drug-likeness (QED) is 0.282. The molecule has 4 N–H and O–H groups in total. The molecule has 1 aromatic heterocycles. The molecular formula is C28H30N5O2S+. The van der Waals surface area contributed by atoms with Crippen molar-refractivity contribution in [2.75, 3.05) is 18.8 Å². The summed E-state index contributed by atoms with van der Waals surface area (Å²) >= 11 is 1.40. The third-order valence-electron chi connectivity index (χ3n) is 7.01. The predicted molar refractivity (Wildman–Crippen MR) is 145 cm³/mol. The summed E-state index contributed by atoms with van der Waals surface area (Å²) in [5, 5.41) is 0.749. The Bertz CT molecular complexity index is 1400. The van der Waals surface area contributed by atoms with E-state index in [9.17, 15) is 9.59 Å². The van der Waals surface area contributed by atoms with Gasteiger partial charge in [-0.3, -0.25) is 4.79 Å². The maximum atomic E-state index is 14.2. The van der Waals surface area contributed by atoms with Crippen LogP contribution in [0.25, 0.3) is 22.2 Å². The number of carbonyl (C=O) groups is 2. The molecule has 2 heterocycles. The van der Waals surface area contributed by atoms with Gasteiger partial charge >= 0.3 is 5.91 Å². The minimum atomic E-state index is -0.606. The third-order valence-corrected chi connectivity index (χ3v) is 7.97. The summed E-state index contributed by atoms with van der Waals surface area (Å²) in [6.45, 7) is 1.61. The van der Waals surface area contributed by atoms with Gasteiger partial charge in [0.05, 0.1) is 17.6 Å². The fraction of sp³-hybridized carbons (Fsp3) is 0.250. The van der Waals surface area contributed by atoms with Crippen LogP contribution in [0.2, 0.25) is 0 Å². The zero-order chi connectivity index (χ0) is 25.1. The molecule has 0 spiro atoms. The fourth-order valence-corrected chi connectivity index (χ4v) is 6.42. The second-order valence-electron chi connectivity index (χ2n) is 9.04. The van der Waals surface area contributed by atoms with Gasteiger partial charge in [-0.25, -0.2) is 14.3 Å². The first-order valence-electron chi connectivity index (χ1n) is 12.2. The Labute approximate surface area is 214 Å². The first-order chi connectivity index (χ1) is 17.6. The molecule has 0 radical (unpaired) electrons. The standard InChI is InChI=1S/C28H29N5O2S/c29-16-17-32-23-13-6-5-12-22(23)31-28(32)36-19-26(34)33(18-8-15-25(33)27(30)35)24-14-7-4-11-21(24)20-9-2-1-3-10-20/h1-7,9-14,25H,8,15-19,29H2,(H-,30,35)/p+1/t25-,33?/m0/s1. The van der Waals surface area contributed by atoms with Gasteiger partial charge in [0.15, 0.2) is 11.2 Å². The van der Waals surface area contributed by atoms with Gasteiger partial charge in [-0.2, -0.15) is 0 Å². The van der Waals surface area contributed by atoms with Crippen molar-refractivity contribution in [3.05, 3.63) is 78.9 Å². The van der Waals surface area contributed by atoms with E-state index in [1.165, 1.54) is 11.8 Å². The molecule has 1 unspecified atom stereocenters. The molecule has 1 aliphatic rings. The summed E-state index contributed by atoms with van der Waals surface area (Å²) in [5.74, 6) is -0.319. The molecule has 184 valence electrons. The molecule has 5 rings (SSSR count). The topological polar surface area (TPSA) is 104 Å². The molecule has 0 bridgehead atoms. The lowest BCUT2D eigenvalue weighted by atomic mass is 10.00. The van der Waals surface area contributed by atoms with Crippen molar-refractivity contribution < 1.29 is 9.59 Å². The van der Waals surface area contributed by atoms with E-state index >= 15 is 0 Å². The van der Waals surface area contributed by atoms with Crippen molar-refractivity contribution in [2.24, 2.45) is 11.5 Å². The maximum absolute atomic E-state index is 14.2. The Balaban J connectivity index is 1.55. The van der Waals surface area contributed by atoms with Gasteiger partial charge < -0.3 is 16.0 Å². The van der Waals surface area contributed by atoms with E-state index in [0.29, 0.717) is 26.1 Å². The highest BCUT2D eigenvalue weighted by molar-refractivity contribution is 7.99. The van der Waals surface area contributed by atoms with E-state index in [2.05, 4.69) is 4.57 Å². The van der Waals surface area contributed by atoms with Gasteiger partial charge in [0.2, 0.25) is 0 Å². The average molecular weight is 501 g/mol. The molecule has 1 fully saturated rings. The maximum Gasteiger partial charge on any atom is 0.329 e. The monoisotopic (exact) mass is 500 g/mol. The number of likely N-dealkylation sites (tertiary alicyclic amines) is 1. The number of rotatable bonds is 8. The lowest BCUT2D eigenvalue weighted by Crippen LogP contribution is -2.62. The van der Waals surface area contributed by atoms with Crippen LogP contribution in [0.5, 0.6) is 0 Å². The Hall–Kier alpha value is -3.46. The van der Waals surface area contributed by atoms with Crippen molar-refractivity contribution in [1.29, 1.82) is 0 Å². The van der Waals surface area contributed by atoms with Gasteiger partial charge in [0, 0.05) is 37.6 Å². The van der Waals surface area contributed by atoms with Crippen molar-refractivity contribution in [3.8, 4) is 11.1 Å². The molecule has 36 heavy (non-hydrogen) atoms. The molecule has 4 aromatic rings. The number of carbonyl (C=O) groups excluding carboxylic acids is 2. The number of para-hydroxylation sites is 3. The SMILES string of the molecule is NCCn1c(SCC(=O)[N+]2(c3ccccc3-c3ccccc3)CCC[C@H]2C(N)=O)nc2ccccc21. The van der Waals surface area contributed by atoms with Crippen molar-refractivity contribution in [2.45, 2.75) is 30.6 Å². The molecule has 0 aliphatic carbocycles. The van der Waals surface area contributed by atoms with E-state index in [1.807, 2.05) is 78.9 Å². The lowest BCUT2D eigenvalue weighted by molar-refractivity contribution is -0.134. The number of hydrogen-bond acceptors (Lipinski definition) is 5. The number of amides is 2. The van der Waals surface area contributed by atoms with E-state index in [1.54, 1.807) is 0 Å². The molecule has 1 saturated heterocycles. The summed E-state index contributed by atoms with van der Waals surface area (Å²) in [7, 11) is 0. The van der Waals surface area contributed by atoms with Gasteiger partial charge in [-0.15, -0.1) is 0 Å². The van der Waals surface area contributed by atoms with Crippen LogP contribution in [-0.2, 0) is 16.1 Å². The van der Waals surface area contributed by atoms with Crippen molar-refractivity contribution in [3.63, 3.8) is 0 Å². The van der Waals surface area contributed by atoms with Gasteiger partial charge in [0.1, 0.15) is 11.4 Å². The van der Waals surface area contributed by atoms with E-state index in [4.69, 9.17) is 16.5 Å². The zero-order valence-corrected chi connectivity index (χ0v) is 20.9. The van der Waals surface area contributed by atoms with E-state index in [-0.39, 0.29) is 16.1 Å². The van der Waals surface area contributed by atoms with Crippen LogP contribution >= 0.6 is 11.8 Å². The zero-order valence-electron chi connectivity index (χ0n) is 20.0. The van der Waals surface area contributed by atoms with Crippen molar-refractivity contribution in [1.82, 2.24) is 14.0 Å². The summed E-state index contributed by atoms with van der Waals surface area (Å²) in [6.07, 6.45) is 1.33. The van der Waals surface area contributed by atoms with Crippen LogP contribution in [0, 0.1) is 0 Å². The molecule has 0 saturated carbocycles. The minimum absolute atomic E-state index is 0.0453. The summed E-state index contributed by atoms with van der Waals surface area (Å²) < 4.78 is 2.00. The van der Waals surface area contributed by atoms with Crippen LogP contribution in [-0.4, -0.2) is 46.2 Å². The second-order valence-corrected chi connectivity index (χ2v) is 9.98. The Morgan fingerprint density at radius 3 is 2.50 bits per heavy atom. The molecule has 3 aromatic carbocycles. The Morgan fingerprint density at radius 2 is 1.72 bits per heavy atom. The number of aromatic nitrogens is 2. The molecule has 7 nitrogen and oxygen atoms in total. The Morgan fingerprint density at radius 1 is 1.00 bits per heavy atom. The van der Waals surface area contributed by atoms with E-state index < -0.39 is 11.9 Å². The largest absolute Gasteiger partial charge is 0.364 e. The Kier molecular flexibility index (Phi) is 6.91. The summed E-state index contributed by atoms with van der Waals surface area (Å²) in [4.78, 5) is 31.7. The number of hydrogen-bond donors (Lipinski definition) is 2. The molecular weight excluding hydrogens is 470 g/mol. The number of primary amides is 1. The fourth-order valence-electron chi connectivity index (χ4n) is 5.42. The third kappa shape index (κ3) is 4.21. The molecule has 2 atom stereocenters. The molecule has 8 heteroatoms. The van der Waals surface area contributed by atoms with Crippen LogP contribution in [0.1, 0.15) is 12.8 Å². The van der Waals surface area contributed by atoms with Gasteiger partial charge in [0.25, 0.3) is 5.91 Å². The number of nitrogens with zero attached hydrogens (tertiary/aromatic N) is 3. The molecule has 2 amide bonds. The summed E-state index contributed by atoms with van der Waals surface area (Å²) in [5.41, 5.74) is 16.4. The van der Waals surface area contributed by atoms with Crippen LogP contribution in [0.3, 0.4) is 0 Å². The average Bonchev–Trinajstić information content (AvgIpc) is 3.51. The van der Waals surface area contributed by atoms with Crippen LogP contribution in [0.4, 0.5) is 5.69 Å². The van der Waals surface area contributed by atoms with E-state index in [0.717, 1.165) is 39.4 Å². The van der Waals surface area contributed by atoms with Crippen LogP contribution in [0.15, 0.2) is 84.0 Å². The number of fused-ring (bicyclic) bond motifs is 1. The van der Waals surface area contributed by atoms with Gasteiger partial charge in [-0.05, 0) is 23.8 Å². The highest BCUT2D eigenvalue weighted by Crippen LogP contribution is 2.42. The minimum Gasteiger partial charge on any atom is -0.364 e. The predicted octanol–water partition coefficient (Wildman–Crippen LogP) is 3.94. The highest BCUT2D eigenvalue weighted by Gasteiger charge is 2.53. The number of nitrogens with two attached hydrogens (primary N) is 2. The van der Waals surface area contributed by atoms with Crippen LogP contribution < -0.4 is 16.0 Å². The van der Waals surface area contributed by atoms with Crippen molar-refractivity contribution >= 4 is 40.3 Å². The first-order valence-corrected chi connectivity index (χ1v) is 13.2. The number of benzene rings is 3. The number of thioether (sulfide) groups is 1. The lowest BCUT2D eigenvalue weighted by Gasteiger charge is -2.36. The smallest absolute Gasteiger partial charge is 0.329 e. The normalized spacial score (nSPS) is 19.5. The highest BCUT2D eigenvalue weighted by atomic mass is 32.2. The molecule has 1 aliphatic heterocycles. The van der Waals surface area contributed by atoms with Gasteiger partial charge in [-0.1, -0.05) is 66.4 Å². The number of imidazole rings is 1.